The van der Waals surface area contributed by atoms with E-state index in [0.29, 0.717) is 13.0 Å². The third kappa shape index (κ3) is 9.72. The Morgan fingerprint density at radius 2 is 1.63 bits per heavy atom. The first kappa shape index (κ1) is 47.5. The number of hydrazine groups is 1. The fourth-order valence-corrected chi connectivity index (χ4v) is 7.72. The van der Waals surface area contributed by atoms with Gasteiger partial charge < -0.3 is 49.4 Å². The number of Topliss-reactive ketones (excluding diaryl/α,β-unsaturated/α-hetero) is 1. The number of ether oxygens (including phenoxy) is 5. The minimum Gasteiger partial charge on any atom is -0.507 e. The van der Waals surface area contributed by atoms with Crippen LogP contribution >= 0.6 is 0 Å². The molecule has 2 amide bonds. The highest BCUT2D eigenvalue weighted by Crippen LogP contribution is 2.54. The maximum absolute atomic E-state index is 14.5. The molecule has 0 saturated heterocycles. The highest BCUT2D eigenvalue weighted by Gasteiger charge is 2.50. The molecule has 0 saturated carbocycles. The molecule has 3 heterocycles. The van der Waals surface area contributed by atoms with Crippen molar-refractivity contribution in [3.63, 3.8) is 0 Å². The Bertz CT molecular complexity index is 2040. The number of carbonyl (C=O) groups is 4. The Morgan fingerprint density at radius 1 is 0.967 bits per heavy atom. The van der Waals surface area contributed by atoms with Gasteiger partial charge in [0.25, 0.3) is 17.6 Å². The van der Waals surface area contributed by atoms with E-state index in [2.05, 4.69) is 5.32 Å². The summed E-state index contributed by atoms with van der Waals surface area (Å²) in [5.41, 5.74) is -0.0377. The van der Waals surface area contributed by atoms with E-state index in [1.807, 2.05) is 6.92 Å². The molecule has 0 aliphatic carbocycles. The predicted octanol–water partition coefficient (Wildman–Crippen LogP) is 5.14. The number of nitrogens with one attached hydrogen (secondary N) is 1. The van der Waals surface area contributed by atoms with E-state index in [9.17, 15) is 39.6 Å². The fourth-order valence-electron chi connectivity index (χ4n) is 7.72. The van der Waals surface area contributed by atoms with Gasteiger partial charge in [0.1, 0.15) is 23.4 Å². The van der Waals surface area contributed by atoms with Crippen LogP contribution < -0.4 is 14.8 Å². The van der Waals surface area contributed by atoms with Gasteiger partial charge in [-0.15, -0.1) is 0 Å². The van der Waals surface area contributed by atoms with Crippen LogP contribution in [0.15, 0.2) is 42.2 Å². The van der Waals surface area contributed by atoms with Crippen LogP contribution in [0.1, 0.15) is 77.7 Å². The number of aliphatic hydroxyl groups is 2. The van der Waals surface area contributed by atoms with Crippen molar-refractivity contribution >= 4 is 40.0 Å². The van der Waals surface area contributed by atoms with Gasteiger partial charge in [-0.3, -0.25) is 24.2 Å². The molecule has 9 atom stereocenters. The van der Waals surface area contributed by atoms with Gasteiger partial charge >= 0.3 is 11.8 Å². The van der Waals surface area contributed by atoms with Crippen molar-refractivity contribution in [3.05, 3.63) is 53.3 Å². The van der Waals surface area contributed by atoms with Crippen molar-refractivity contribution in [2.45, 2.75) is 98.9 Å². The largest absolute Gasteiger partial charge is 0.507 e. The van der Waals surface area contributed by atoms with Crippen LogP contribution in [0.4, 0.5) is 5.69 Å². The van der Waals surface area contributed by atoms with Crippen LogP contribution in [-0.4, -0.2) is 119 Å². The highest BCUT2D eigenvalue weighted by molar-refractivity contribution is 6.21. The number of phenols is 2. The number of hydrogen-bond acceptors (Lipinski definition) is 14. The number of amides is 2. The van der Waals surface area contributed by atoms with Crippen LogP contribution in [0.3, 0.4) is 0 Å². The van der Waals surface area contributed by atoms with Crippen LogP contribution in [0.5, 0.6) is 23.0 Å². The van der Waals surface area contributed by atoms with Crippen LogP contribution in [0.2, 0.25) is 0 Å². The minimum absolute atomic E-state index is 0.0646. The van der Waals surface area contributed by atoms with Gasteiger partial charge in [-0.1, -0.05) is 52.8 Å². The molecule has 60 heavy (non-hydrogen) atoms. The molecule has 0 fully saturated rings. The summed E-state index contributed by atoms with van der Waals surface area (Å²) in [4.78, 5) is 53.9. The SMILES string of the molecule is CCCN(C(=O)COc1cc2c(O)c3c(O)c(C)c4c(c13)C(=O)C(C)(O/C=C\C(OC)C(C)C(OC(C)=O)C(C)C(O)C(C)C(O)C(C)/C=C\C=C(\C)C(=O)N2)O4)N(C)C. The van der Waals surface area contributed by atoms with Gasteiger partial charge in [-0.25, -0.2) is 5.01 Å². The Morgan fingerprint density at radius 3 is 2.23 bits per heavy atom. The quantitative estimate of drug-likeness (QED) is 0.132. The Labute approximate surface area is 351 Å². The first-order chi connectivity index (χ1) is 28.1. The number of anilines is 1. The van der Waals surface area contributed by atoms with Crippen molar-refractivity contribution in [2.24, 2.45) is 23.7 Å². The monoisotopic (exact) mass is 839 g/mol. The minimum atomic E-state index is -2.03. The lowest BCUT2D eigenvalue weighted by molar-refractivity contribution is -0.160. The Hall–Kier alpha value is -5.16. The third-order valence-electron chi connectivity index (χ3n) is 11.4. The van der Waals surface area contributed by atoms with E-state index in [1.54, 1.807) is 59.0 Å². The van der Waals surface area contributed by atoms with Crippen molar-refractivity contribution in [3.8, 4) is 23.0 Å². The van der Waals surface area contributed by atoms with Gasteiger partial charge in [0.15, 0.2) is 12.4 Å². The molecule has 5 N–H and O–H groups in total. The number of phenolic OH excluding ortho intramolecular Hbond substituents is 2. The third-order valence-corrected chi connectivity index (χ3v) is 11.4. The second kappa shape index (κ2) is 19.5. The number of allylic oxidation sites excluding steroid dienone is 2. The lowest BCUT2D eigenvalue weighted by Gasteiger charge is -2.38. The maximum atomic E-state index is 14.5. The van der Waals surface area contributed by atoms with Crippen molar-refractivity contribution in [1.29, 1.82) is 0 Å². The lowest BCUT2D eigenvalue weighted by atomic mass is 9.78. The van der Waals surface area contributed by atoms with Crippen LogP contribution in [0.25, 0.3) is 10.8 Å². The molecule has 0 spiro atoms. The van der Waals surface area contributed by atoms with E-state index >= 15 is 0 Å². The molecular formula is C44H61N3O13. The standard InChI is InChI=1S/C44H61N3O13/c1-13-18-47(46(10)11)32(49)21-57-31-20-29-39(53)34-33(31)35-41(27(7)38(34)52)60-44(9,42(35)54)58-19-17-30(56-12)24(4)40(59-28(8)48)26(6)37(51)25(5)36(50)22(2)15-14-16-23(3)43(55)45-29/h14-17,19-20,22,24-26,30,36-37,40,50-53H,13,18,21H2,1-12H3,(H,45,55)/b15-14-,19-17-,23-16-. The summed E-state index contributed by atoms with van der Waals surface area (Å²) in [5.74, 6) is -8.16. The van der Waals surface area contributed by atoms with Gasteiger partial charge in [0.2, 0.25) is 0 Å². The molecule has 3 aliphatic heterocycles. The molecule has 16 heteroatoms. The topological polar surface area (TPSA) is 214 Å². The van der Waals surface area contributed by atoms with E-state index in [0.717, 1.165) is 0 Å². The number of carbonyl (C=O) groups excluding carboxylic acids is 4. The smallest absolute Gasteiger partial charge is 0.312 e. The van der Waals surface area contributed by atoms with Gasteiger partial charge in [0, 0.05) is 87.9 Å². The van der Waals surface area contributed by atoms with Crippen LogP contribution in [0, 0.1) is 30.6 Å². The van der Waals surface area contributed by atoms with Crippen molar-refractivity contribution in [2.75, 3.05) is 39.7 Å². The Kier molecular flexibility index (Phi) is 15.4. The maximum Gasteiger partial charge on any atom is 0.312 e. The second-order valence-corrected chi connectivity index (χ2v) is 16.1. The molecule has 16 nitrogen and oxygen atoms in total. The number of benzene rings is 2. The summed E-state index contributed by atoms with van der Waals surface area (Å²) in [5, 5.41) is 51.6. The summed E-state index contributed by atoms with van der Waals surface area (Å²) < 4.78 is 29.8. The molecule has 5 bridgehead atoms. The van der Waals surface area contributed by atoms with E-state index < -0.39 is 95.5 Å². The zero-order valence-electron chi connectivity index (χ0n) is 36.6. The number of rotatable bonds is 8. The summed E-state index contributed by atoms with van der Waals surface area (Å²) in [6.45, 7) is 14.3. The fraction of sp³-hybridized carbons (Fsp3) is 0.545. The molecule has 330 valence electrons. The average molecular weight is 840 g/mol. The van der Waals surface area contributed by atoms with Crippen molar-refractivity contribution < 1.29 is 63.3 Å². The number of nitrogens with zero attached hydrogens (tertiary/aromatic N) is 2. The number of aliphatic hydroxyl groups excluding tert-OH is 2. The summed E-state index contributed by atoms with van der Waals surface area (Å²) in [6.07, 6.45) is 4.23. The van der Waals surface area contributed by atoms with E-state index in [1.165, 1.54) is 64.3 Å². The average Bonchev–Trinajstić information content (AvgIpc) is 3.46. The molecule has 0 radical (unpaired) electrons. The number of fused-ring (bicyclic) bond motifs is 14. The number of hydrogen-bond donors (Lipinski definition) is 5. The van der Waals surface area contributed by atoms with E-state index in [-0.39, 0.29) is 44.7 Å². The first-order valence-electron chi connectivity index (χ1n) is 20.1. The second-order valence-electron chi connectivity index (χ2n) is 16.1. The zero-order chi connectivity index (χ0) is 45.0. The molecule has 2 aromatic rings. The summed E-state index contributed by atoms with van der Waals surface area (Å²) in [6, 6.07) is 1.26. The van der Waals surface area contributed by atoms with Crippen LogP contribution in [-0.2, 0) is 28.6 Å². The number of aromatic hydroxyl groups is 2. The summed E-state index contributed by atoms with van der Waals surface area (Å²) in [7, 11) is 4.85. The number of esters is 1. The predicted molar refractivity (Wildman–Crippen MR) is 223 cm³/mol. The molecule has 3 aliphatic rings. The van der Waals surface area contributed by atoms with E-state index in [4.69, 9.17) is 23.7 Å². The van der Waals surface area contributed by atoms with Gasteiger partial charge in [-0.2, -0.15) is 0 Å². The lowest BCUT2D eigenvalue weighted by Crippen LogP contribution is -2.46. The van der Waals surface area contributed by atoms with Gasteiger partial charge in [0.05, 0.1) is 41.2 Å². The first-order valence-corrected chi connectivity index (χ1v) is 20.1. The van der Waals surface area contributed by atoms with Gasteiger partial charge in [-0.05, 0) is 26.3 Å². The normalized spacial score (nSPS) is 29.6. The number of methoxy groups -OCH3 is 1. The molecule has 9 unspecified atom stereocenters. The Balaban J connectivity index is 1.94. The summed E-state index contributed by atoms with van der Waals surface area (Å²) >= 11 is 0. The zero-order valence-corrected chi connectivity index (χ0v) is 36.6. The highest BCUT2D eigenvalue weighted by atomic mass is 16.7. The molecule has 2 aromatic carbocycles. The number of ketones is 1. The van der Waals surface area contributed by atoms with Crippen molar-refractivity contribution in [1.82, 2.24) is 10.0 Å². The molecular weight excluding hydrogens is 778 g/mol. The molecule has 0 aromatic heterocycles. The molecule has 5 rings (SSSR count).